The lowest BCUT2D eigenvalue weighted by molar-refractivity contribution is 0.0918. The van der Waals surface area contributed by atoms with E-state index < -0.39 is 11.4 Å². The van der Waals surface area contributed by atoms with Gasteiger partial charge in [0.25, 0.3) is 5.91 Å². The predicted octanol–water partition coefficient (Wildman–Crippen LogP) is 2.68. The minimum Gasteiger partial charge on any atom is -0.335 e. The normalized spacial score (nSPS) is 13.8. The molecule has 0 fully saturated rings. The molecule has 0 spiro atoms. The van der Waals surface area contributed by atoms with Gasteiger partial charge in [-0.15, -0.1) is 6.42 Å². The van der Waals surface area contributed by atoms with E-state index >= 15 is 0 Å². The highest BCUT2D eigenvalue weighted by Crippen LogP contribution is 2.22. The quantitative estimate of drug-likeness (QED) is 0.861. The highest BCUT2D eigenvalue weighted by atomic mass is 79.9. The maximum atomic E-state index is 12.2. The van der Waals surface area contributed by atoms with Crippen LogP contribution in [0.1, 0.15) is 30.8 Å². The Morgan fingerprint density at radius 1 is 1.70 bits per heavy atom. The van der Waals surface area contributed by atoms with Crippen LogP contribution in [0.25, 0.3) is 5.65 Å². The van der Waals surface area contributed by atoms with Crippen LogP contribution in [0, 0.1) is 12.3 Å². The number of nitrogens with zero attached hydrogens (tertiary/aromatic N) is 3. The summed E-state index contributed by atoms with van der Waals surface area (Å²) in [5.74, 6) is 2.14. The Labute approximate surface area is 129 Å². The van der Waals surface area contributed by atoms with Crippen molar-refractivity contribution >= 4 is 39.1 Å². The summed E-state index contributed by atoms with van der Waals surface area (Å²) in [4.78, 5) is 16.4. The number of carbonyl (C=O) groups is 1. The molecule has 1 atom stereocenters. The van der Waals surface area contributed by atoms with Crippen molar-refractivity contribution in [1.82, 2.24) is 19.9 Å². The number of fused-ring (bicyclic) bond motifs is 1. The molecule has 2 aromatic rings. The molecular formula is C13H12BrClN4O. The third kappa shape index (κ3) is 2.65. The van der Waals surface area contributed by atoms with E-state index in [4.69, 9.17) is 18.0 Å². The van der Waals surface area contributed by atoms with Crippen molar-refractivity contribution < 1.29 is 4.79 Å². The first kappa shape index (κ1) is 14.8. The lowest BCUT2D eigenvalue weighted by Crippen LogP contribution is -2.44. The predicted molar refractivity (Wildman–Crippen MR) is 80.7 cm³/mol. The average Bonchev–Trinajstić information content (AvgIpc) is 2.75. The molecule has 1 N–H and O–H groups in total. The number of hydrogen-bond donors (Lipinski definition) is 1. The topological polar surface area (TPSA) is 59.3 Å². The molecule has 0 radical (unpaired) electrons. The second-order valence-corrected chi connectivity index (χ2v) is 5.78. The van der Waals surface area contributed by atoms with E-state index in [1.165, 1.54) is 4.52 Å². The number of carbonyl (C=O) groups excluding carboxylic acids is 1. The van der Waals surface area contributed by atoms with Gasteiger partial charge in [-0.2, -0.15) is 5.10 Å². The Morgan fingerprint density at radius 2 is 2.40 bits per heavy atom. The van der Waals surface area contributed by atoms with Crippen LogP contribution < -0.4 is 5.32 Å². The third-order valence-corrected chi connectivity index (χ3v) is 3.77. The van der Waals surface area contributed by atoms with Crippen LogP contribution in [0.4, 0.5) is 0 Å². The largest absolute Gasteiger partial charge is 0.335 e. The zero-order valence-electron chi connectivity index (χ0n) is 10.9. The van der Waals surface area contributed by atoms with Crippen molar-refractivity contribution in [2.75, 3.05) is 0 Å². The summed E-state index contributed by atoms with van der Waals surface area (Å²) in [5.41, 5.74) is -0.212. The lowest BCUT2D eigenvalue weighted by Gasteiger charge is -2.22. The molecule has 2 aromatic heterocycles. The summed E-state index contributed by atoms with van der Waals surface area (Å²) in [6.45, 7) is 3.66. The lowest BCUT2D eigenvalue weighted by atomic mass is 10.0. The van der Waals surface area contributed by atoms with Gasteiger partial charge in [-0.25, -0.2) is 9.50 Å². The Bertz CT molecular complexity index is 721. The second kappa shape index (κ2) is 5.43. The van der Waals surface area contributed by atoms with Crippen LogP contribution in [-0.4, -0.2) is 26.0 Å². The van der Waals surface area contributed by atoms with Crippen LogP contribution in [0.15, 0.2) is 16.9 Å². The SMILES string of the molecule is C#C[C@](C)(CC)NC(=O)c1nn2cc(Br)cnc2c1Cl. The Hall–Kier alpha value is -1.58. The maximum Gasteiger partial charge on any atom is 0.274 e. The number of terminal acetylenes is 1. The van der Waals surface area contributed by atoms with Crippen LogP contribution >= 0.6 is 27.5 Å². The van der Waals surface area contributed by atoms with E-state index in [0.717, 1.165) is 4.47 Å². The summed E-state index contributed by atoms with van der Waals surface area (Å²) in [6.07, 6.45) is 9.29. The Morgan fingerprint density at radius 3 is 3.00 bits per heavy atom. The number of rotatable bonds is 3. The fraction of sp³-hybridized carbons (Fsp3) is 0.308. The van der Waals surface area contributed by atoms with Gasteiger partial charge in [0.15, 0.2) is 11.3 Å². The second-order valence-electron chi connectivity index (χ2n) is 4.49. The number of halogens is 2. The van der Waals surface area contributed by atoms with Gasteiger partial charge in [0.2, 0.25) is 0 Å². The number of aromatic nitrogens is 3. The van der Waals surface area contributed by atoms with Gasteiger partial charge >= 0.3 is 0 Å². The molecule has 0 aliphatic rings. The molecule has 0 unspecified atom stereocenters. The van der Waals surface area contributed by atoms with Gasteiger partial charge in [0.1, 0.15) is 5.02 Å². The molecule has 0 bridgehead atoms. The van der Waals surface area contributed by atoms with E-state index in [9.17, 15) is 4.79 Å². The molecule has 1 amide bonds. The van der Waals surface area contributed by atoms with Crippen molar-refractivity contribution in [2.24, 2.45) is 0 Å². The molecular weight excluding hydrogens is 344 g/mol. The fourth-order valence-corrected chi connectivity index (χ4v) is 2.12. The van der Waals surface area contributed by atoms with Crippen molar-refractivity contribution in [2.45, 2.75) is 25.8 Å². The number of hydrogen-bond acceptors (Lipinski definition) is 3. The Balaban J connectivity index is 2.41. The summed E-state index contributed by atoms with van der Waals surface area (Å²) in [7, 11) is 0. The van der Waals surface area contributed by atoms with Crippen molar-refractivity contribution in [3.63, 3.8) is 0 Å². The maximum absolute atomic E-state index is 12.2. The zero-order chi connectivity index (χ0) is 14.9. The fourth-order valence-electron chi connectivity index (χ4n) is 1.57. The van der Waals surface area contributed by atoms with E-state index in [0.29, 0.717) is 12.1 Å². The summed E-state index contributed by atoms with van der Waals surface area (Å²) in [5, 5.41) is 7.09. The third-order valence-electron chi connectivity index (χ3n) is 3.01. The smallest absolute Gasteiger partial charge is 0.274 e. The highest BCUT2D eigenvalue weighted by Gasteiger charge is 2.26. The van der Waals surface area contributed by atoms with E-state index in [-0.39, 0.29) is 10.7 Å². The molecule has 2 rings (SSSR count). The average molecular weight is 356 g/mol. The molecule has 0 saturated heterocycles. The first-order valence-corrected chi connectivity index (χ1v) is 7.07. The van der Waals surface area contributed by atoms with E-state index in [2.05, 4.69) is 37.2 Å². The van der Waals surface area contributed by atoms with E-state index in [1.807, 2.05) is 6.92 Å². The number of amides is 1. The molecule has 104 valence electrons. The monoisotopic (exact) mass is 354 g/mol. The zero-order valence-corrected chi connectivity index (χ0v) is 13.3. The van der Waals surface area contributed by atoms with Crippen LogP contribution in [0.3, 0.4) is 0 Å². The van der Waals surface area contributed by atoms with Gasteiger partial charge in [-0.3, -0.25) is 4.79 Å². The van der Waals surface area contributed by atoms with Gasteiger partial charge in [-0.05, 0) is 29.3 Å². The van der Waals surface area contributed by atoms with Crippen LogP contribution in [0.2, 0.25) is 5.02 Å². The summed E-state index contributed by atoms with van der Waals surface area (Å²) in [6, 6.07) is 0. The molecule has 0 saturated carbocycles. The molecule has 0 aliphatic heterocycles. The first-order valence-electron chi connectivity index (χ1n) is 5.90. The highest BCUT2D eigenvalue weighted by molar-refractivity contribution is 9.10. The summed E-state index contributed by atoms with van der Waals surface area (Å²) >= 11 is 9.43. The van der Waals surface area contributed by atoms with E-state index in [1.54, 1.807) is 19.3 Å². The molecule has 2 heterocycles. The van der Waals surface area contributed by atoms with Crippen molar-refractivity contribution in [3.05, 3.63) is 27.6 Å². The molecule has 0 aromatic carbocycles. The first-order chi connectivity index (χ1) is 9.40. The Kier molecular flexibility index (Phi) is 4.02. The number of nitrogens with one attached hydrogen (secondary N) is 1. The molecule has 7 heteroatoms. The minimum atomic E-state index is -0.732. The molecule has 5 nitrogen and oxygen atoms in total. The molecule has 20 heavy (non-hydrogen) atoms. The van der Waals surface area contributed by atoms with Gasteiger partial charge < -0.3 is 5.32 Å². The summed E-state index contributed by atoms with van der Waals surface area (Å²) < 4.78 is 2.18. The van der Waals surface area contributed by atoms with Gasteiger partial charge in [-0.1, -0.05) is 24.4 Å². The molecule has 0 aliphatic carbocycles. The standard InChI is InChI=1S/C13H12BrClN4O/c1-4-13(3,5-2)17-12(20)10-9(15)11-16-6-8(14)7-19(11)18-10/h1,6-7H,5H2,2-3H3,(H,17,20)/t13-/m1/s1. The van der Waals surface area contributed by atoms with Crippen LogP contribution in [-0.2, 0) is 0 Å². The van der Waals surface area contributed by atoms with Crippen LogP contribution in [0.5, 0.6) is 0 Å². The minimum absolute atomic E-state index is 0.104. The van der Waals surface area contributed by atoms with Crippen molar-refractivity contribution in [1.29, 1.82) is 0 Å². The van der Waals surface area contributed by atoms with Crippen molar-refractivity contribution in [3.8, 4) is 12.3 Å². The van der Waals surface area contributed by atoms with Gasteiger partial charge in [0, 0.05) is 12.4 Å². The van der Waals surface area contributed by atoms with Gasteiger partial charge in [0.05, 0.1) is 10.0 Å².